The number of aromatic nitrogens is 3. The lowest BCUT2D eigenvalue weighted by molar-refractivity contribution is -0.136. The van der Waals surface area contributed by atoms with Crippen LogP contribution in [0, 0.1) is 0 Å². The Morgan fingerprint density at radius 1 is 1.47 bits per heavy atom. The highest BCUT2D eigenvalue weighted by molar-refractivity contribution is 5.65. The molecule has 6 nitrogen and oxygen atoms in total. The molecule has 0 amide bonds. The molecule has 1 atom stereocenters. The first-order valence-electron chi connectivity index (χ1n) is 5.52. The van der Waals surface area contributed by atoms with Gasteiger partial charge in [0.15, 0.2) is 17.3 Å². The van der Waals surface area contributed by atoms with E-state index in [-0.39, 0.29) is 5.82 Å². The van der Waals surface area contributed by atoms with Crippen LogP contribution >= 0.6 is 0 Å². The summed E-state index contributed by atoms with van der Waals surface area (Å²) in [4.78, 5) is 8.10. The van der Waals surface area contributed by atoms with E-state index in [1.54, 1.807) is 16.8 Å². The van der Waals surface area contributed by atoms with Gasteiger partial charge in [0.05, 0.1) is 12.6 Å². The van der Waals surface area contributed by atoms with Crippen molar-refractivity contribution in [1.29, 1.82) is 0 Å². The number of hydrazine groups is 1. The number of halogens is 3. The van der Waals surface area contributed by atoms with Gasteiger partial charge in [-0.2, -0.15) is 13.2 Å². The summed E-state index contributed by atoms with van der Waals surface area (Å²) in [5.41, 5.74) is 2.79. The maximum absolute atomic E-state index is 12.3. The van der Waals surface area contributed by atoms with Gasteiger partial charge in [0, 0.05) is 18.4 Å². The summed E-state index contributed by atoms with van der Waals surface area (Å²) >= 11 is 0. The van der Waals surface area contributed by atoms with Crippen LogP contribution < -0.4 is 16.6 Å². The zero-order valence-corrected chi connectivity index (χ0v) is 10.1. The van der Waals surface area contributed by atoms with Crippen LogP contribution in [0.3, 0.4) is 0 Å². The van der Waals surface area contributed by atoms with Gasteiger partial charge >= 0.3 is 6.18 Å². The second kappa shape index (κ2) is 4.92. The van der Waals surface area contributed by atoms with Crippen LogP contribution in [-0.4, -0.2) is 26.6 Å². The number of hydrogen-bond donors (Lipinski definition) is 3. The van der Waals surface area contributed by atoms with E-state index in [0.717, 1.165) is 0 Å². The molecule has 2 heterocycles. The minimum absolute atomic E-state index is 0.247. The van der Waals surface area contributed by atoms with E-state index in [0.29, 0.717) is 11.5 Å². The Hall–Kier alpha value is -2.03. The lowest BCUT2D eigenvalue weighted by atomic mass is 10.2. The van der Waals surface area contributed by atoms with Crippen molar-refractivity contribution in [3.63, 3.8) is 0 Å². The van der Waals surface area contributed by atoms with Crippen molar-refractivity contribution >= 4 is 17.3 Å². The summed E-state index contributed by atoms with van der Waals surface area (Å²) in [5, 5.41) is 2.69. The first-order valence-corrected chi connectivity index (χ1v) is 5.52. The zero-order valence-electron chi connectivity index (χ0n) is 10.1. The normalized spacial score (nSPS) is 13.5. The predicted molar refractivity (Wildman–Crippen MR) is 64.6 cm³/mol. The summed E-state index contributed by atoms with van der Waals surface area (Å²) in [6.07, 6.45) is -0.431. The highest BCUT2D eigenvalue weighted by atomic mass is 19.4. The molecule has 0 saturated heterocycles. The van der Waals surface area contributed by atoms with Gasteiger partial charge in [-0.15, -0.1) is 0 Å². The summed E-state index contributed by atoms with van der Waals surface area (Å²) in [5.74, 6) is 5.83. The molecule has 104 valence electrons. The summed E-state index contributed by atoms with van der Waals surface area (Å²) in [6, 6.07) is -0.818. The number of nitrogen functional groups attached to an aromatic ring is 1. The molecule has 0 fully saturated rings. The minimum Gasteiger partial charge on any atom is -0.364 e. The Labute approximate surface area is 106 Å². The molecule has 4 N–H and O–H groups in total. The van der Waals surface area contributed by atoms with Crippen LogP contribution in [0.2, 0.25) is 0 Å². The van der Waals surface area contributed by atoms with Crippen molar-refractivity contribution in [1.82, 2.24) is 14.4 Å². The molecule has 0 aliphatic heterocycles. The van der Waals surface area contributed by atoms with Crippen molar-refractivity contribution in [3.8, 4) is 0 Å². The summed E-state index contributed by atoms with van der Waals surface area (Å²) in [6.45, 7) is 1.43. The fourth-order valence-electron chi connectivity index (χ4n) is 1.73. The predicted octanol–water partition coefficient (Wildman–Crippen LogP) is 1.77. The Bertz CT molecular complexity index is 564. The van der Waals surface area contributed by atoms with Crippen LogP contribution in [0.15, 0.2) is 18.6 Å². The van der Waals surface area contributed by atoms with Crippen molar-refractivity contribution in [2.24, 2.45) is 5.84 Å². The highest BCUT2D eigenvalue weighted by Gasteiger charge is 2.30. The van der Waals surface area contributed by atoms with E-state index in [1.165, 1.54) is 13.1 Å². The van der Waals surface area contributed by atoms with Crippen LogP contribution in [0.25, 0.3) is 5.65 Å². The van der Waals surface area contributed by atoms with E-state index >= 15 is 0 Å². The smallest absolute Gasteiger partial charge is 0.364 e. The minimum atomic E-state index is -4.23. The fraction of sp³-hybridized carbons (Fsp3) is 0.400. The average molecular weight is 274 g/mol. The van der Waals surface area contributed by atoms with E-state index in [4.69, 9.17) is 5.84 Å². The van der Waals surface area contributed by atoms with Gasteiger partial charge in [-0.05, 0) is 6.92 Å². The molecule has 0 radical (unpaired) electrons. The van der Waals surface area contributed by atoms with Crippen LogP contribution in [0.4, 0.5) is 24.8 Å². The molecule has 9 heteroatoms. The lowest BCUT2D eigenvalue weighted by Crippen LogP contribution is -2.25. The second-order valence-electron chi connectivity index (χ2n) is 4.14. The number of nitrogens with zero attached hydrogens (tertiary/aromatic N) is 3. The first-order chi connectivity index (χ1) is 8.89. The Kier molecular flexibility index (Phi) is 3.47. The Morgan fingerprint density at radius 3 is 2.84 bits per heavy atom. The molecule has 2 rings (SSSR count). The maximum Gasteiger partial charge on any atom is 0.391 e. The van der Waals surface area contributed by atoms with Gasteiger partial charge in [0.2, 0.25) is 0 Å². The number of fused-ring (bicyclic) bond motifs is 1. The summed E-state index contributed by atoms with van der Waals surface area (Å²) < 4.78 is 38.5. The number of rotatable bonds is 4. The van der Waals surface area contributed by atoms with Gasteiger partial charge in [-0.1, -0.05) is 0 Å². The molecule has 0 aromatic carbocycles. The fourth-order valence-corrected chi connectivity index (χ4v) is 1.73. The molecule has 2 aromatic rings. The second-order valence-corrected chi connectivity index (χ2v) is 4.14. The number of imidazole rings is 1. The molecular weight excluding hydrogens is 261 g/mol. The van der Waals surface area contributed by atoms with Gasteiger partial charge in [-0.25, -0.2) is 15.8 Å². The SMILES string of the molecule is CC(CC(F)(F)F)Nc1nc(NN)cn2ccnc12. The molecule has 0 saturated carbocycles. The zero-order chi connectivity index (χ0) is 14.0. The molecular formula is C10H13F3N6. The van der Waals surface area contributed by atoms with E-state index in [1.807, 2.05) is 0 Å². The maximum atomic E-state index is 12.3. The van der Waals surface area contributed by atoms with E-state index < -0.39 is 18.6 Å². The number of nitrogens with two attached hydrogens (primary N) is 1. The topological polar surface area (TPSA) is 80.3 Å². The standard InChI is InChI=1S/C10H13F3N6/c1-6(4-10(11,12)13)16-8-9-15-2-3-19(9)5-7(17-8)18-14/h2-3,5-6,18H,4,14H2,1H3,(H,16,17). The molecule has 2 aromatic heterocycles. The number of hydrogen-bond acceptors (Lipinski definition) is 5. The van der Waals surface area contributed by atoms with Gasteiger partial charge in [-0.3, -0.25) is 0 Å². The van der Waals surface area contributed by atoms with Gasteiger partial charge < -0.3 is 15.1 Å². The lowest BCUT2D eigenvalue weighted by Gasteiger charge is -2.17. The third kappa shape index (κ3) is 3.25. The van der Waals surface area contributed by atoms with Crippen molar-refractivity contribution < 1.29 is 13.2 Å². The Morgan fingerprint density at radius 2 is 2.21 bits per heavy atom. The molecule has 0 spiro atoms. The quantitative estimate of drug-likeness (QED) is 0.585. The molecule has 0 aliphatic carbocycles. The van der Waals surface area contributed by atoms with Crippen molar-refractivity contribution in [2.45, 2.75) is 25.6 Å². The molecule has 1 unspecified atom stereocenters. The largest absolute Gasteiger partial charge is 0.391 e. The van der Waals surface area contributed by atoms with Crippen molar-refractivity contribution in [3.05, 3.63) is 18.6 Å². The molecule has 0 aliphatic rings. The number of alkyl halides is 3. The van der Waals surface area contributed by atoms with Crippen molar-refractivity contribution in [2.75, 3.05) is 10.7 Å². The third-order valence-electron chi connectivity index (χ3n) is 2.44. The third-order valence-corrected chi connectivity index (χ3v) is 2.44. The van der Waals surface area contributed by atoms with E-state index in [2.05, 4.69) is 20.7 Å². The van der Waals surface area contributed by atoms with Crippen LogP contribution in [0.1, 0.15) is 13.3 Å². The van der Waals surface area contributed by atoms with Gasteiger partial charge in [0.1, 0.15) is 0 Å². The average Bonchev–Trinajstić information content (AvgIpc) is 2.74. The molecule has 0 bridgehead atoms. The monoisotopic (exact) mass is 274 g/mol. The van der Waals surface area contributed by atoms with Crippen LogP contribution in [-0.2, 0) is 0 Å². The Balaban J connectivity index is 2.26. The molecule has 19 heavy (non-hydrogen) atoms. The van der Waals surface area contributed by atoms with Crippen LogP contribution in [0.5, 0.6) is 0 Å². The first kappa shape index (κ1) is 13.4. The number of anilines is 2. The summed E-state index contributed by atoms with van der Waals surface area (Å²) in [7, 11) is 0. The highest BCUT2D eigenvalue weighted by Crippen LogP contribution is 2.24. The van der Waals surface area contributed by atoms with Gasteiger partial charge in [0.25, 0.3) is 0 Å². The van der Waals surface area contributed by atoms with E-state index in [9.17, 15) is 13.2 Å². The number of nitrogens with one attached hydrogen (secondary N) is 2.